The zero-order valence-electron chi connectivity index (χ0n) is 19.1. The van der Waals surface area contributed by atoms with E-state index in [-0.39, 0.29) is 11.0 Å². The molecule has 7 nitrogen and oxygen atoms in total. The predicted octanol–water partition coefficient (Wildman–Crippen LogP) is 5.67. The molecule has 0 radical (unpaired) electrons. The SMILES string of the molecule is COc1ccc(-c2nc3ccccc3o2)cc1NC(=S)NC(=O)c1cccc(OCC(C)C)c1. The van der Waals surface area contributed by atoms with E-state index in [1.807, 2.05) is 42.5 Å². The Hall–Kier alpha value is -3.91. The molecule has 1 aromatic heterocycles. The smallest absolute Gasteiger partial charge is 0.257 e. The number of oxazole rings is 1. The number of nitrogens with one attached hydrogen (secondary N) is 2. The average molecular weight is 476 g/mol. The van der Waals surface area contributed by atoms with Crippen molar-refractivity contribution in [3.63, 3.8) is 0 Å². The molecule has 0 saturated carbocycles. The lowest BCUT2D eigenvalue weighted by molar-refractivity contribution is 0.0977. The van der Waals surface area contributed by atoms with Crippen LogP contribution in [-0.4, -0.2) is 29.7 Å². The van der Waals surface area contributed by atoms with Crippen molar-refractivity contribution < 1.29 is 18.7 Å². The van der Waals surface area contributed by atoms with Crippen LogP contribution in [-0.2, 0) is 0 Å². The summed E-state index contributed by atoms with van der Waals surface area (Å²) in [5.74, 6) is 1.70. The zero-order valence-corrected chi connectivity index (χ0v) is 19.9. The van der Waals surface area contributed by atoms with E-state index in [1.165, 1.54) is 0 Å². The fourth-order valence-corrected chi connectivity index (χ4v) is 3.46. The van der Waals surface area contributed by atoms with Crippen molar-refractivity contribution >= 4 is 40.0 Å². The maximum Gasteiger partial charge on any atom is 0.257 e. The summed E-state index contributed by atoms with van der Waals surface area (Å²) in [4.78, 5) is 17.3. The first-order valence-corrected chi connectivity index (χ1v) is 11.2. The quantitative estimate of drug-likeness (QED) is 0.333. The van der Waals surface area contributed by atoms with Gasteiger partial charge in [-0.3, -0.25) is 10.1 Å². The standard InChI is InChI=1S/C26H25N3O4S/c1-16(2)15-32-19-8-6-7-17(13-19)24(30)29-26(34)28-21-14-18(11-12-22(21)31-3)25-27-20-9-4-5-10-23(20)33-25/h4-14,16H,15H2,1-3H3,(H2,28,29,30,34). The van der Waals surface area contributed by atoms with Gasteiger partial charge in [-0.05, 0) is 66.7 Å². The highest BCUT2D eigenvalue weighted by molar-refractivity contribution is 7.80. The van der Waals surface area contributed by atoms with Crippen LogP contribution in [0.5, 0.6) is 11.5 Å². The van der Waals surface area contributed by atoms with Gasteiger partial charge in [0.1, 0.15) is 17.0 Å². The number of para-hydroxylation sites is 2. The first-order chi connectivity index (χ1) is 16.4. The number of carbonyl (C=O) groups excluding carboxylic acids is 1. The van der Waals surface area contributed by atoms with Gasteiger partial charge in [0.05, 0.1) is 19.4 Å². The summed E-state index contributed by atoms with van der Waals surface area (Å²) in [6.45, 7) is 4.70. The van der Waals surface area contributed by atoms with Crippen LogP contribution in [0.3, 0.4) is 0 Å². The van der Waals surface area contributed by atoms with Crippen LogP contribution in [0.2, 0.25) is 0 Å². The molecule has 0 unspecified atom stereocenters. The van der Waals surface area contributed by atoms with E-state index in [1.54, 1.807) is 31.4 Å². The molecule has 1 amide bonds. The highest BCUT2D eigenvalue weighted by atomic mass is 32.1. The Labute approximate surface area is 203 Å². The van der Waals surface area contributed by atoms with Gasteiger partial charge in [-0.1, -0.05) is 32.0 Å². The Kier molecular flexibility index (Phi) is 7.08. The molecule has 2 N–H and O–H groups in total. The maximum atomic E-state index is 12.7. The lowest BCUT2D eigenvalue weighted by Gasteiger charge is -2.14. The normalized spacial score (nSPS) is 10.8. The highest BCUT2D eigenvalue weighted by Gasteiger charge is 2.14. The number of rotatable bonds is 7. The first-order valence-electron chi connectivity index (χ1n) is 10.8. The molecular formula is C26H25N3O4S. The van der Waals surface area contributed by atoms with Gasteiger partial charge in [-0.15, -0.1) is 0 Å². The summed E-state index contributed by atoms with van der Waals surface area (Å²) < 4.78 is 17.0. The number of hydrogen-bond acceptors (Lipinski definition) is 6. The van der Waals surface area contributed by atoms with Gasteiger partial charge in [0.25, 0.3) is 5.91 Å². The van der Waals surface area contributed by atoms with Gasteiger partial charge in [0.2, 0.25) is 5.89 Å². The molecule has 0 aliphatic carbocycles. The molecule has 4 aromatic rings. The number of amides is 1. The summed E-state index contributed by atoms with van der Waals surface area (Å²) in [7, 11) is 1.56. The maximum absolute atomic E-state index is 12.7. The minimum Gasteiger partial charge on any atom is -0.495 e. The van der Waals surface area contributed by atoms with E-state index in [0.29, 0.717) is 46.7 Å². The topological polar surface area (TPSA) is 85.6 Å². The van der Waals surface area contributed by atoms with Crippen molar-refractivity contribution in [1.82, 2.24) is 10.3 Å². The van der Waals surface area contributed by atoms with Gasteiger partial charge < -0.3 is 19.2 Å². The summed E-state index contributed by atoms with van der Waals surface area (Å²) >= 11 is 5.38. The molecule has 0 bridgehead atoms. The van der Waals surface area contributed by atoms with Crippen LogP contribution in [0.4, 0.5) is 5.69 Å². The minimum absolute atomic E-state index is 0.131. The van der Waals surface area contributed by atoms with E-state index in [9.17, 15) is 4.79 Å². The molecule has 0 saturated heterocycles. The molecule has 4 rings (SSSR count). The minimum atomic E-state index is -0.346. The monoisotopic (exact) mass is 475 g/mol. The van der Waals surface area contributed by atoms with Gasteiger partial charge in [0, 0.05) is 11.1 Å². The fourth-order valence-electron chi connectivity index (χ4n) is 3.25. The number of fused-ring (bicyclic) bond motifs is 1. The predicted molar refractivity (Wildman–Crippen MR) is 136 cm³/mol. The number of hydrogen-bond donors (Lipinski definition) is 2. The van der Waals surface area contributed by atoms with Crippen molar-refractivity contribution in [2.24, 2.45) is 5.92 Å². The molecule has 8 heteroatoms. The number of carbonyl (C=O) groups is 1. The van der Waals surface area contributed by atoms with Gasteiger partial charge in [0.15, 0.2) is 10.7 Å². The molecule has 0 spiro atoms. The molecular weight excluding hydrogens is 450 g/mol. The van der Waals surface area contributed by atoms with Crippen LogP contribution in [0.25, 0.3) is 22.6 Å². The third kappa shape index (κ3) is 5.52. The molecule has 34 heavy (non-hydrogen) atoms. The number of benzene rings is 3. The Morgan fingerprint density at radius 2 is 1.91 bits per heavy atom. The first kappa shape index (κ1) is 23.3. The third-order valence-electron chi connectivity index (χ3n) is 4.90. The molecule has 0 atom stereocenters. The number of methoxy groups -OCH3 is 1. The van der Waals surface area contributed by atoms with E-state index in [2.05, 4.69) is 29.5 Å². The second-order valence-electron chi connectivity index (χ2n) is 8.04. The summed E-state index contributed by atoms with van der Waals surface area (Å²) in [5, 5.41) is 5.87. The third-order valence-corrected chi connectivity index (χ3v) is 5.10. The van der Waals surface area contributed by atoms with Gasteiger partial charge >= 0.3 is 0 Å². The van der Waals surface area contributed by atoms with Crippen LogP contribution in [0, 0.1) is 5.92 Å². The number of ether oxygens (including phenoxy) is 2. The molecule has 174 valence electrons. The Morgan fingerprint density at radius 3 is 2.68 bits per heavy atom. The lowest BCUT2D eigenvalue weighted by atomic mass is 10.2. The number of aromatic nitrogens is 1. The average Bonchev–Trinajstić information content (AvgIpc) is 3.27. The Balaban J connectivity index is 1.48. The van der Waals surface area contributed by atoms with Crippen molar-refractivity contribution in [3.8, 4) is 23.0 Å². The van der Waals surface area contributed by atoms with Gasteiger partial charge in [-0.2, -0.15) is 0 Å². The number of nitrogens with zero attached hydrogens (tertiary/aromatic N) is 1. The Morgan fingerprint density at radius 1 is 1.09 bits per heavy atom. The van der Waals surface area contributed by atoms with Crippen LogP contribution < -0.4 is 20.1 Å². The van der Waals surface area contributed by atoms with Gasteiger partial charge in [-0.25, -0.2) is 4.98 Å². The highest BCUT2D eigenvalue weighted by Crippen LogP contribution is 2.32. The molecule has 0 aliphatic heterocycles. The van der Waals surface area contributed by atoms with Crippen LogP contribution >= 0.6 is 12.2 Å². The summed E-state index contributed by atoms with van der Waals surface area (Å²) in [5.41, 5.74) is 3.22. The van der Waals surface area contributed by atoms with E-state index >= 15 is 0 Å². The van der Waals surface area contributed by atoms with E-state index in [4.69, 9.17) is 26.1 Å². The molecule has 3 aromatic carbocycles. The van der Waals surface area contributed by atoms with Crippen molar-refractivity contribution in [3.05, 3.63) is 72.3 Å². The Bertz CT molecular complexity index is 1300. The second-order valence-corrected chi connectivity index (χ2v) is 8.45. The number of anilines is 1. The van der Waals surface area contributed by atoms with Crippen LogP contribution in [0.15, 0.2) is 71.1 Å². The van der Waals surface area contributed by atoms with E-state index in [0.717, 1.165) is 11.1 Å². The molecule has 1 heterocycles. The zero-order chi connectivity index (χ0) is 24.1. The fraction of sp³-hybridized carbons (Fsp3) is 0.192. The second kappa shape index (κ2) is 10.4. The molecule has 0 aliphatic rings. The number of thiocarbonyl (C=S) groups is 1. The summed E-state index contributed by atoms with van der Waals surface area (Å²) in [6.07, 6.45) is 0. The van der Waals surface area contributed by atoms with Crippen molar-refractivity contribution in [2.75, 3.05) is 19.0 Å². The van der Waals surface area contributed by atoms with Crippen LogP contribution in [0.1, 0.15) is 24.2 Å². The van der Waals surface area contributed by atoms with E-state index < -0.39 is 0 Å². The lowest BCUT2D eigenvalue weighted by Crippen LogP contribution is -2.34. The molecule has 0 fully saturated rings. The largest absolute Gasteiger partial charge is 0.495 e. The van der Waals surface area contributed by atoms with Crippen molar-refractivity contribution in [1.29, 1.82) is 0 Å². The van der Waals surface area contributed by atoms with Crippen molar-refractivity contribution in [2.45, 2.75) is 13.8 Å². The summed E-state index contributed by atoms with van der Waals surface area (Å²) in [6, 6.07) is 20.0.